The van der Waals surface area contributed by atoms with Crippen LogP contribution in [0, 0.1) is 0 Å². The summed E-state index contributed by atoms with van der Waals surface area (Å²) in [7, 11) is 1.72. The van der Waals surface area contributed by atoms with Crippen molar-refractivity contribution in [1.29, 1.82) is 0 Å². The van der Waals surface area contributed by atoms with Crippen LogP contribution in [0.1, 0.15) is 23.7 Å². The Morgan fingerprint density at radius 3 is 2.67 bits per heavy atom. The molecule has 5 heteroatoms. The lowest BCUT2D eigenvalue weighted by Gasteiger charge is -2.25. The number of aromatic hydroxyl groups is 2. The van der Waals surface area contributed by atoms with E-state index in [1.54, 1.807) is 23.7 Å². The quantitative estimate of drug-likeness (QED) is 0.861. The van der Waals surface area contributed by atoms with E-state index in [9.17, 15) is 15.0 Å². The topological polar surface area (TPSA) is 60.8 Å². The van der Waals surface area contributed by atoms with Crippen LogP contribution in [-0.4, -0.2) is 46.1 Å². The molecule has 1 aromatic carbocycles. The number of nitrogens with zero attached hydrogens (tertiary/aromatic N) is 1. The van der Waals surface area contributed by atoms with Crippen molar-refractivity contribution in [2.24, 2.45) is 0 Å². The van der Waals surface area contributed by atoms with Gasteiger partial charge in [-0.05, 0) is 37.5 Å². The minimum atomic E-state index is -0.235. The van der Waals surface area contributed by atoms with Crippen LogP contribution in [0.5, 0.6) is 11.5 Å². The third-order valence-electron chi connectivity index (χ3n) is 2.93. The first-order valence-electron chi connectivity index (χ1n) is 5.75. The van der Waals surface area contributed by atoms with E-state index in [1.807, 2.05) is 13.2 Å². The van der Waals surface area contributed by atoms with Crippen LogP contribution in [-0.2, 0) is 0 Å². The third kappa shape index (κ3) is 3.57. The lowest BCUT2D eigenvalue weighted by Crippen LogP contribution is -2.35. The second-order valence-corrected chi connectivity index (χ2v) is 5.23. The van der Waals surface area contributed by atoms with Gasteiger partial charge in [-0.15, -0.1) is 0 Å². The fourth-order valence-corrected chi connectivity index (χ4v) is 2.15. The second kappa shape index (κ2) is 6.54. The van der Waals surface area contributed by atoms with Crippen LogP contribution in [0.3, 0.4) is 0 Å². The predicted molar refractivity (Wildman–Crippen MR) is 74.3 cm³/mol. The SMILES string of the molecule is CSCCC(C)N(C)C(=O)c1ccc(O)cc1O. The lowest BCUT2D eigenvalue weighted by atomic mass is 10.1. The molecule has 0 aliphatic rings. The molecule has 1 aromatic rings. The average molecular weight is 269 g/mol. The maximum Gasteiger partial charge on any atom is 0.257 e. The van der Waals surface area contributed by atoms with Gasteiger partial charge in [0, 0.05) is 19.2 Å². The highest BCUT2D eigenvalue weighted by Crippen LogP contribution is 2.24. The molecule has 0 bridgehead atoms. The molecule has 0 saturated carbocycles. The molecule has 2 N–H and O–H groups in total. The van der Waals surface area contributed by atoms with E-state index in [4.69, 9.17) is 0 Å². The molecule has 1 amide bonds. The highest BCUT2D eigenvalue weighted by Gasteiger charge is 2.20. The van der Waals surface area contributed by atoms with Gasteiger partial charge in [-0.2, -0.15) is 11.8 Å². The van der Waals surface area contributed by atoms with Crippen molar-refractivity contribution in [3.63, 3.8) is 0 Å². The maximum atomic E-state index is 12.2. The van der Waals surface area contributed by atoms with Gasteiger partial charge < -0.3 is 15.1 Å². The van der Waals surface area contributed by atoms with E-state index in [1.165, 1.54) is 18.2 Å². The molecule has 0 fully saturated rings. The van der Waals surface area contributed by atoms with Crippen LogP contribution in [0.25, 0.3) is 0 Å². The third-order valence-corrected chi connectivity index (χ3v) is 3.58. The largest absolute Gasteiger partial charge is 0.508 e. The van der Waals surface area contributed by atoms with Gasteiger partial charge in [-0.3, -0.25) is 4.79 Å². The maximum absolute atomic E-state index is 12.2. The molecular weight excluding hydrogens is 250 g/mol. The fraction of sp³-hybridized carbons (Fsp3) is 0.462. The first-order chi connectivity index (χ1) is 8.47. The molecule has 4 nitrogen and oxygen atoms in total. The molecule has 1 rings (SSSR count). The van der Waals surface area contributed by atoms with Crippen LogP contribution in [0.15, 0.2) is 18.2 Å². The Hall–Kier alpha value is -1.36. The Morgan fingerprint density at radius 2 is 2.11 bits per heavy atom. The molecule has 0 saturated heterocycles. The van der Waals surface area contributed by atoms with Gasteiger partial charge in [0.05, 0.1) is 5.56 Å². The average Bonchev–Trinajstić information content (AvgIpc) is 2.34. The van der Waals surface area contributed by atoms with E-state index in [0.717, 1.165) is 12.2 Å². The summed E-state index contributed by atoms with van der Waals surface area (Å²) in [5.74, 6) is 0.507. The fourth-order valence-electron chi connectivity index (χ4n) is 1.57. The zero-order valence-corrected chi connectivity index (χ0v) is 11.7. The van der Waals surface area contributed by atoms with E-state index in [-0.39, 0.29) is 29.0 Å². The number of amides is 1. The molecule has 18 heavy (non-hydrogen) atoms. The Labute approximate surface area is 112 Å². The monoisotopic (exact) mass is 269 g/mol. The highest BCUT2D eigenvalue weighted by molar-refractivity contribution is 7.98. The Bertz CT molecular complexity index is 423. The molecule has 0 heterocycles. The van der Waals surface area contributed by atoms with Crippen molar-refractivity contribution in [3.8, 4) is 11.5 Å². The van der Waals surface area contributed by atoms with Gasteiger partial charge in [-0.1, -0.05) is 0 Å². The number of phenolic OH excluding ortho intramolecular Hbond substituents is 2. The Morgan fingerprint density at radius 1 is 1.44 bits per heavy atom. The van der Waals surface area contributed by atoms with Gasteiger partial charge in [0.25, 0.3) is 5.91 Å². The molecule has 0 spiro atoms. The van der Waals surface area contributed by atoms with Crippen molar-refractivity contribution < 1.29 is 15.0 Å². The summed E-state index contributed by atoms with van der Waals surface area (Å²) in [6.07, 6.45) is 2.93. The second-order valence-electron chi connectivity index (χ2n) is 4.25. The summed E-state index contributed by atoms with van der Waals surface area (Å²) in [5.41, 5.74) is 0.214. The highest BCUT2D eigenvalue weighted by atomic mass is 32.2. The van der Waals surface area contributed by atoms with Gasteiger partial charge in [-0.25, -0.2) is 0 Å². The van der Waals surface area contributed by atoms with E-state index in [2.05, 4.69) is 0 Å². The van der Waals surface area contributed by atoms with E-state index in [0.29, 0.717) is 0 Å². The molecule has 1 atom stereocenters. The summed E-state index contributed by atoms with van der Waals surface area (Å²) >= 11 is 1.74. The van der Waals surface area contributed by atoms with Gasteiger partial charge >= 0.3 is 0 Å². The number of hydrogen-bond donors (Lipinski definition) is 2. The van der Waals surface area contributed by atoms with Crippen molar-refractivity contribution in [2.45, 2.75) is 19.4 Å². The molecule has 0 aromatic heterocycles. The number of rotatable bonds is 5. The van der Waals surface area contributed by atoms with Crippen LogP contribution in [0.4, 0.5) is 0 Å². The standard InChI is InChI=1S/C13H19NO3S/c1-9(6-7-18-3)14(2)13(17)11-5-4-10(15)8-12(11)16/h4-5,8-9,15-16H,6-7H2,1-3H3. The normalized spacial score (nSPS) is 12.2. The zero-order valence-electron chi connectivity index (χ0n) is 10.9. The van der Waals surface area contributed by atoms with Crippen molar-refractivity contribution in [3.05, 3.63) is 23.8 Å². The first kappa shape index (κ1) is 14.7. The number of carbonyl (C=O) groups is 1. The Kier molecular flexibility index (Phi) is 5.34. The number of hydrogen-bond acceptors (Lipinski definition) is 4. The number of benzene rings is 1. The summed E-state index contributed by atoms with van der Waals surface area (Å²) < 4.78 is 0. The zero-order chi connectivity index (χ0) is 13.7. The number of phenols is 2. The minimum absolute atomic E-state index is 0.0536. The Balaban J connectivity index is 2.79. The summed E-state index contributed by atoms with van der Waals surface area (Å²) in [5, 5.41) is 18.9. The van der Waals surface area contributed by atoms with Crippen molar-refractivity contribution in [1.82, 2.24) is 4.90 Å². The van der Waals surface area contributed by atoms with Crippen molar-refractivity contribution in [2.75, 3.05) is 19.1 Å². The molecular formula is C13H19NO3S. The van der Waals surface area contributed by atoms with E-state index >= 15 is 0 Å². The predicted octanol–water partition coefficient (Wildman–Crippen LogP) is 2.31. The van der Waals surface area contributed by atoms with Gasteiger partial charge in [0.2, 0.25) is 0 Å². The molecule has 0 aliphatic heterocycles. The van der Waals surface area contributed by atoms with Crippen LogP contribution >= 0.6 is 11.8 Å². The molecule has 100 valence electrons. The summed E-state index contributed by atoms with van der Waals surface area (Å²) in [4.78, 5) is 13.8. The first-order valence-corrected chi connectivity index (χ1v) is 7.14. The smallest absolute Gasteiger partial charge is 0.257 e. The van der Waals surface area contributed by atoms with Crippen molar-refractivity contribution >= 4 is 17.7 Å². The minimum Gasteiger partial charge on any atom is -0.508 e. The van der Waals surface area contributed by atoms with E-state index < -0.39 is 0 Å². The molecule has 0 aliphatic carbocycles. The summed E-state index contributed by atoms with van der Waals surface area (Å²) in [6, 6.07) is 4.12. The number of thioether (sulfide) groups is 1. The molecule has 1 unspecified atom stereocenters. The van der Waals surface area contributed by atoms with Gasteiger partial charge in [0.1, 0.15) is 11.5 Å². The molecule has 0 radical (unpaired) electrons. The number of carbonyl (C=O) groups excluding carboxylic acids is 1. The van der Waals surface area contributed by atoms with Crippen LogP contribution < -0.4 is 0 Å². The van der Waals surface area contributed by atoms with Gasteiger partial charge in [0.15, 0.2) is 0 Å². The summed E-state index contributed by atoms with van der Waals surface area (Å²) in [6.45, 7) is 1.98. The van der Waals surface area contributed by atoms with Crippen LogP contribution in [0.2, 0.25) is 0 Å². The lowest BCUT2D eigenvalue weighted by molar-refractivity contribution is 0.0738.